The van der Waals surface area contributed by atoms with Crippen LogP contribution in [0.15, 0.2) is 18.2 Å². The van der Waals surface area contributed by atoms with E-state index < -0.39 is 41.0 Å². The van der Waals surface area contributed by atoms with E-state index >= 15 is 0 Å². The number of carbonyl (C=O) groups is 3. The Bertz CT molecular complexity index is 570. The molecule has 0 aliphatic rings. The van der Waals surface area contributed by atoms with Gasteiger partial charge in [-0.3, -0.25) is 25.2 Å². The molecule has 0 bridgehead atoms. The molecule has 1 atom stereocenters. The fraction of sp³-hybridized carbons (Fsp3) is 0.357. The Balaban J connectivity index is 2.89. The molecule has 0 heterocycles. The minimum atomic E-state index is -1.07. The largest absolute Gasteiger partial charge is 0.340 e. The van der Waals surface area contributed by atoms with E-state index in [0.717, 1.165) is 18.2 Å². The van der Waals surface area contributed by atoms with E-state index in [0.29, 0.717) is 0 Å². The monoisotopic (exact) mass is 313 g/mol. The first-order chi connectivity index (χ1) is 10.2. The number of amides is 3. The highest BCUT2D eigenvalue weighted by Crippen LogP contribution is 2.13. The van der Waals surface area contributed by atoms with Gasteiger partial charge in [-0.1, -0.05) is 19.9 Å². The van der Waals surface area contributed by atoms with Crippen molar-refractivity contribution < 1.29 is 23.2 Å². The molecule has 1 unspecified atom stereocenters. The Hall–Kier alpha value is -2.51. The Kier molecular flexibility index (Phi) is 5.97. The molecule has 0 saturated heterocycles. The molecule has 22 heavy (non-hydrogen) atoms. The molecule has 0 saturated carbocycles. The summed E-state index contributed by atoms with van der Waals surface area (Å²) in [7, 11) is 0. The average molecular weight is 313 g/mol. The van der Waals surface area contributed by atoms with Gasteiger partial charge < -0.3 is 5.32 Å². The minimum absolute atomic E-state index is 0.368. The molecule has 1 aromatic rings. The maximum absolute atomic E-state index is 13.5. The van der Waals surface area contributed by atoms with Gasteiger partial charge in [-0.25, -0.2) is 8.78 Å². The zero-order valence-corrected chi connectivity index (χ0v) is 12.4. The van der Waals surface area contributed by atoms with Crippen LogP contribution in [0.4, 0.5) is 8.78 Å². The third kappa shape index (κ3) is 4.51. The highest BCUT2D eigenvalue weighted by Gasteiger charge is 2.27. The summed E-state index contributed by atoms with van der Waals surface area (Å²) in [5.74, 6) is -4.66. The molecule has 120 valence electrons. The van der Waals surface area contributed by atoms with Crippen LogP contribution in [0.5, 0.6) is 0 Å². The van der Waals surface area contributed by atoms with Crippen LogP contribution in [-0.2, 0) is 9.59 Å². The smallest absolute Gasteiger partial charge is 0.261 e. The van der Waals surface area contributed by atoms with Crippen LogP contribution in [0, 0.1) is 17.6 Å². The van der Waals surface area contributed by atoms with E-state index in [4.69, 9.17) is 0 Å². The number of benzene rings is 1. The average Bonchev–Trinajstić information content (AvgIpc) is 2.41. The van der Waals surface area contributed by atoms with Gasteiger partial charge in [0.1, 0.15) is 23.2 Å². The van der Waals surface area contributed by atoms with Gasteiger partial charge in [0.25, 0.3) is 11.8 Å². The lowest BCUT2D eigenvalue weighted by atomic mass is 10.0. The third-order valence-corrected chi connectivity index (χ3v) is 2.79. The van der Waals surface area contributed by atoms with Crippen molar-refractivity contribution in [2.24, 2.45) is 5.92 Å². The Morgan fingerprint density at radius 2 is 1.59 bits per heavy atom. The number of hydrogen-bond donors (Lipinski definition) is 3. The molecule has 0 spiro atoms. The van der Waals surface area contributed by atoms with Gasteiger partial charge >= 0.3 is 0 Å². The highest BCUT2D eigenvalue weighted by molar-refractivity contribution is 5.98. The topological polar surface area (TPSA) is 87.3 Å². The van der Waals surface area contributed by atoms with Crippen molar-refractivity contribution in [3.8, 4) is 0 Å². The number of hydrazine groups is 1. The van der Waals surface area contributed by atoms with Crippen LogP contribution in [-0.4, -0.2) is 23.8 Å². The van der Waals surface area contributed by atoms with E-state index in [1.165, 1.54) is 6.92 Å². The van der Waals surface area contributed by atoms with Crippen molar-refractivity contribution in [3.63, 3.8) is 0 Å². The summed E-state index contributed by atoms with van der Waals surface area (Å²) in [6.07, 6.45) is 0. The van der Waals surface area contributed by atoms with E-state index in [9.17, 15) is 23.2 Å². The van der Waals surface area contributed by atoms with Crippen LogP contribution in [0.2, 0.25) is 0 Å². The zero-order chi connectivity index (χ0) is 16.9. The minimum Gasteiger partial charge on any atom is -0.340 e. The maximum Gasteiger partial charge on any atom is 0.261 e. The number of hydrogen-bond acceptors (Lipinski definition) is 3. The van der Waals surface area contributed by atoms with Gasteiger partial charge in [0.2, 0.25) is 5.91 Å². The molecule has 1 rings (SSSR count). The Labute approximate surface area is 126 Å². The molecule has 6 nitrogen and oxygen atoms in total. The third-order valence-electron chi connectivity index (χ3n) is 2.79. The Morgan fingerprint density at radius 3 is 2.05 bits per heavy atom. The van der Waals surface area contributed by atoms with Crippen molar-refractivity contribution >= 4 is 17.7 Å². The first-order valence-corrected chi connectivity index (χ1v) is 6.55. The highest BCUT2D eigenvalue weighted by atomic mass is 19.1. The van der Waals surface area contributed by atoms with Crippen molar-refractivity contribution in [2.75, 3.05) is 0 Å². The van der Waals surface area contributed by atoms with Crippen LogP contribution in [0.3, 0.4) is 0 Å². The molecular formula is C14H17F2N3O3. The summed E-state index contributed by atoms with van der Waals surface area (Å²) in [4.78, 5) is 34.6. The maximum atomic E-state index is 13.5. The molecule has 0 aromatic heterocycles. The summed E-state index contributed by atoms with van der Waals surface area (Å²) in [5.41, 5.74) is 3.42. The van der Waals surface area contributed by atoms with Gasteiger partial charge in [0, 0.05) is 6.92 Å². The van der Waals surface area contributed by atoms with Crippen molar-refractivity contribution in [3.05, 3.63) is 35.4 Å². The number of rotatable bonds is 4. The number of nitrogens with one attached hydrogen (secondary N) is 3. The van der Waals surface area contributed by atoms with E-state index in [2.05, 4.69) is 16.2 Å². The first-order valence-electron chi connectivity index (χ1n) is 6.55. The van der Waals surface area contributed by atoms with Gasteiger partial charge in [-0.05, 0) is 18.1 Å². The van der Waals surface area contributed by atoms with Crippen LogP contribution < -0.4 is 16.2 Å². The molecular weight excluding hydrogens is 296 g/mol. The van der Waals surface area contributed by atoms with Gasteiger partial charge in [0.05, 0.1) is 0 Å². The molecule has 1 aromatic carbocycles. The normalized spacial score (nSPS) is 11.7. The fourth-order valence-corrected chi connectivity index (χ4v) is 1.69. The summed E-state index contributed by atoms with van der Waals surface area (Å²) in [5, 5.41) is 2.26. The second kappa shape index (κ2) is 7.48. The van der Waals surface area contributed by atoms with Gasteiger partial charge in [-0.2, -0.15) is 0 Å². The lowest BCUT2D eigenvalue weighted by Crippen LogP contribution is -2.54. The van der Waals surface area contributed by atoms with E-state index in [-0.39, 0.29) is 5.92 Å². The summed E-state index contributed by atoms with van der Waals surface area (Å²) >= 11 is 0. The van der Waals surface area contributed by atoms with E-state index in [1.807, 2.05) is 0 Å². The van der Waals surface area contributed by atoms with E-state index in [1.54, 1.807) is 13.8 Å². The summed E-state index contributed by atoms with van der Waals surface area (Å²) in [6, 6.07) is 1.95. The number of halogens is 2. The van der Waals surface area contributed by atoms with Crippen LogP contribution >= 0.6 is 0 Å². The molecule has 3 N–H and O–H groups in total. The molecule has 8 heteroatoms. The summed E-state index contributed by atoms with van der Waals surface area (Å²) < 4.78 is 27.1. The molecule has 0 aliphatic heterocycles. The zero-order valence-electron chi connectivity index (χ0n) is 12.4. The lowest BCUT2D eigenvalue weighted by Gasteiger charge is -2.21. The van der Waals surface area contributed by atoms with Gasteiger partial charge in [0.15, 0.2) is 0 Å². The molecule has 0 fully saturated rings. The number of carbonyl (C=O) groups excluding carboxylic acids is 3. The summed E-state index contributed by atoms with van der Waals surface area (Å²) in [6.45, 7) is 4.46. The first kappa shape index (κ1) is 17.5. The molecule has 0 aliphatic carbocycles. The Morgan fingerprint density at radius 1 is 1.05 bits per heavy atom. The predicted molar refractivity (Wildman–Crippen MR) is 74.4 cm³/mol. The van der Waals surface area contributed by atoms with Crippen LogP contribution in [0.25, 0.3) is 0 Å². The fourth-order valence-electron chi connectivity index (χ4n) is 1.69. The molecule has 3 amide bonds. The SMILES string of the molecule is CC(=O)NNC(=O)C(NC(=O)c1c(F)cccc1F)C(C)C. The quantitative estimate of drug-likeness (QED) is 0.721. The lowest BCUT2D eigenvalue weighted by molar-refractivity contribution is -0.129. The second-order valence-corrected chi connectivity index (χ2v) is 4.96. The van der Waals surface area contributed by atoms with Crippen LogP contribution in [0.1, 0.15) is 31.1 Å². The standard InChI is InChI=1S/C14H17F2N3O3/c1-7(2)12(14(22)19-18-8(3)20)17-13(21)11-9(15)5-4-6-10(11)16/h4-7,12H,1-3H3,(H,17,21)(H,18,20)(H,19,22). The van der Waals surface area contributed by atoms with Crippen molar-refractivity contribution in [1.29, 1.82) is 0 Å². The molecule has 0 radical (unpaired) electrons. The predicted octanol–water partition coefficient (Wildman–Crippen LogP) is 0.887. The van der Waals surface area contributed by atoms with Crippen molar-refractivity contribution in [1.82, 2.24) is 16.2 Å². The second-order valence-electron chi connectivity index (χ2n) is 4.96. The van der Waals surface area contributed by atoms with Gasteiger partial charge in [-0.15, -0.1) is 0 Å². The van der Waals surface area contributed by atoms with Crippen molar-refractivity contribution in [2.45, 2.75) is 26.8 Å².